The molecular weight excluding hydrogens is 439 g/mol. The zero-order chi connectivity index (χ0) is 24.4. The Balaban J connectivity index is 1.60. The van der Waals surface area contributed by atoms with Crippen LogP contribution in [-0.4, -0.2) is 32.7 Å². The van der Waals surface area contributed by atoms with Gasteiger partial charge in [0.2, 0.25) is 5.91 Å². The van der Waals surface area contributed by atoms with Crippen molar-refractivity contribution in [2.75, 3.05) is 5.32 Å². The SMILES string of the molecule is Cc1ccc(-c2cc(C)n(CC(=O)O)n2)cc1NC(=O)C1=CNC(=O)C[C@@H]1c1ccc(F)cc1. The van der Waals surface area contributed by atoms with E-state index in [0.29, 0.717) is 33.8 Å². The first-order valence-corrected chi connectivity index (χ1v) is 10.6. The molecule has 0 aliphatic carbocycles. The molecule has 0 bridgehead atoms. The van der Waals surface area contributed by atoms with Gasteiger partial charge in [-0.15, -0.1) is 0 Å². The smallest absolute Gasteiger partial charge is 0.325 e. The molecule has 2 aromatic carbocycles. The van der Waals surface area contributed by atoms with Gasteiger partial charge in [0.25, 0.3) is 5.91 Å². The number of hydrogen-bond donors (Lipinski definition) is 3. The zero-order valence-electron chi connectivity index (χ0n) is 18.6. The van der Waals surface area contributed by atoms with Crippen molar-refractivity contribution >= 4 is 23.5 Å². The van der Waals surface area contributed by atoms with Gasteiger partial charge in [-0.2, -0.15) is 5.10 Å². The van der Waals surface area contributed by atoms with E-state index >= 15 is 0 Å². The van der Waals surface area contributed by atoms with Crippen molar-refractivity contribution in [2.45, 2.75) is 32.7 Å². The molecule has 2 amide bonds. The van der Waals surface area contributed by atoms with E-state index in [4.69, 9.17) is 5.11 Å². The summed E-state index contributed by atoms with van der Waals surface area (Å²) in [6.45, 7) is 3.38. The van der Waals surface area contributed by atoms with Gasteiger partial charge in [0.1, 0.15) is 12.4 Å². The fraction of sp³-hybridized carbons (Fsp3) is 0.200. The number of carbonyl (C=O) groups is 3. The van der Waals surface area contributed by atoms with Gasteiger partial charge < -0.3 is 15.7 Å². The van der Waals surface area contributed by atoms with Crippen LogP contribution < -0.4 is 10.6 Å². The second-order valence-electron chi connectivity index (χ2n) is 8.18. The lowest BCUT2D eigenvalue weighted by molar-refractivity contribution is -0.138. The number of aromatic nitrogens is 2. The number of halogens is 1. The minimum absolute atomic E-state index is 0.0736. The summed E-state index contributed by atoms with van der Waals surface area (Å²) in [6, 6.07) is 13.0. The Kier molecular flexibility index (Phi) is 6.27. The standard InChI is InChI=1S/C25H23FN4O4/c1-14-3-4-17(22-9-15(2)30(29-22)13-24(32)33)10-21(14)28-25(34)20-12-27-23(31)11-19(20)16-5-7-18(26)8-6-16/h3-10,12,19H,11,13H2,1-2H3,(H,27,31)(H,28,34)(H,32,33)/t19-/m1/s1. The summed E-state index contributed by atoms with van der Waals surface area (Å²) < 4.78 is 14.8. The van der Waals surface area contributed by atoms with E-state index in [0.717, 1.165) is 5.56 Å². The van der Waals surface area contributed by atoms with Crippen LogP contribution in [-0.2, 0) is 20.9 Å². The van der Waals surface area contributed by atoms with Crippen molar-refractivity contribution in [1.82, 2.24) is 15.1 Å². The van der Waals surface area contributed by atoms with Crippen LogP contribution >= 0.6 is 0 Å². The number of carbonyl (C=O) groups excluding carboxylic acids is 2. The highest BCUT2D eigenvalue weighted by Gasteiger charge is 2.29. The van der Waals surface area contributed by atoms with E-state index in [9.17, 15) is 18.8 Å². The van der Waals surface area contributed by atoms with E-state index in [1.165, 1.54) is 23.0 Å². The largest absolute Gasteiger partial charge is 0.480 e. The van der Waals surface area contributed by atoms with Crippen LogP contribution in [0.4, 0.5) is 10.1 Å². The highest BCUT2D eigenvalue weighted by molar-refractivity contribution is 6.07. The third kappa shape index (κ3) is 4.88. The molecule has 3 N–H and O–H groups in total. The number of rotatable bonds is 6. The van der Waals surface area contributed by atoms with Gasteiger partial charge in [-0.1, -0.05) is 24.3 Å². The lowest BCUT2D eigenvalue weighted by atomic mass is 9.86. The number of nitrogens with one attached hydrogen (secondary N) is 2. The molecule has 8 nitrogen and oxygen atoms in total. The number of benzene rings is 2. The Bertz CT molecular complexity index is 1310. The molecule has 1 aliphatic rings. The maximum Gasteiger partial charge on any atom is 0.325 e. The van der Waals surface area contributed by atoms with E-state index < -0.39 is 17.7 Å². The van der Waals surface area contributed by atoms with Crippen LogP contribution in [0.1, 0.15) is 29.2 Å². The molecule has 1 atom stereocenters. The molecule has 1 aromatic heterocycles. The summed E-state index contributed by atoms with van der Waals surface area (Å²) >= 11 is 0. The molecule has 9 heteroatoms. The third-order valence-electron chi connectivity index (χ3n) is 5.74. The number of carboxylic acids is 1. The zero-order valence-corrected chi connectivity index (χ0v) is 18.6. The highest BCUT2D eigenvalue weighted by Crippen LogP contribution is 2.32. The monoisotopic (exact) mass is 462 g/mol. The van der Waals surface area contributed by atoms with Crippen LogP contribution in [0.25, 0.3) is 11.3 Å². The van der Waals surface area contributed by atoms with Crippen molar-refractivity contribution in [2.24, 2.45) is 0 Å². The molecule has 1 aliphatic heterocycles. The van der Waals surface area contributed by atoms with Crippen molar-refractivity contribution in [3.8, 4) is 11.3 Å². The number of amides is 2. The van der Waals surface area contributed by atoms with Crippen molar-refractivity contribution in [3.63, 3.8) is 0 Å². The Labute approximate surface area is 195 Å². The number of hydrogen-bond acceptors (Lipinski definition) is 4. The van der Waals surface area contributed by atoms with Gasteiger partial charge in [0, 0.05) is 41.1 Å². The summed E-state index contributed by atoms with van der Waals surface area (Å²) in [6.07, 6.45) is 1.47. The second kappa shape index (κ2) is 9.30. The molecule has 0 radical (unpaired) electrons. The van der Waals surface area contributed by atoms with Gasteiger partial charge in [0.15, 0.2) is 0 Å². The molecule has 3 aromatic rings. The van der Waals surface area contributed by atoms with Crippen LogP contribution in [0.3, 0.4) is 0 Å². The highest BCUT2D eigenvalue weighted by atomic mass is 19.1. The first-order valence-electron chi connectivity index (χ1n) is 10.6. The Morgan fingerprint density at radius 3 is 2.62 bits per heavy atom. The minimum Gasteiger partial charge on any atom is -0.480 e. The minimum atomic E-state index is -0.988. The van der Waals surface area contributed by atoms with Crippen LogP contribution in [0.15, 0.2) is 60.3 Å². The molecule has 2 heterocycles. The second-order valence-corrected chi connectivity index (χ2v) is 8.18. The van der Waals surface area contributed by atoms with E-state index in [-0.39, 0.29) is 24.8 Å². The first kappa shape index (κ1) is 22.9. The van der Waals surface area contributed by atoms with Crippen molar-refractivity contribution in [3.05, 3.63) is 82.9 Å². The fourth-order valence-corrected chi connectivity index (χ4v) is 3.88. The molecule has 0 spiro atoms. The van der Waals surface area contributed by atoms with E-state index in [1.54, 1.807) is 31.2 Å². The molecule has 0 fully saturated rings. The lowest BCUT2D eigenvalue weighted by Gasteiger charge is -2.24. The molecule has 0 unspecified atom stereocenters. The van der Waals surface area contributed by atoms with Crippen LogP contribution in [0, 0.1) is 19.7 Å². The average molecular weight is 462 g/mol. The first-order chi connectivity index (χ1) is 16.2. The van der Waals surface area contributed by atoms with E-state index in [2.05, 4.69) is 15.7 Å². The Morgan fingerprint density at radius 2 is 1.91 bits per heavy atom. The summed E-state index contributed by atoms with van der Waals surface area (Å²) in [7, 11) is 0. The molecule has 0 saturated heterocycles. The number of nitrogens with zero attached hydrogens (tertiary/aromatic N) is 2. The predicted molar refractivity (Wildman–Crippen MR) is 123 cm³/mol. The van der Waals surface area contributed by atoms with Gasteiger partial charge in [-0.25, -0.2) is 4.39 Å². The Morgan fingerprint density at radius 1 is 1.18 bits per heavy atom. The summed E-state index contributed by atoms with van der Waals surface area (Å²) in [5, 5.41) is 18.9. The number of anilines is 1. The van der Waals surface area contributed by atoms with Crippen LogP contribution in [0.5, 0.6) is 0 Å². The number of carboxylic acid groups (broad SMARTS) is 1. The lowest BCUT2D eigenvalue weighted by Crippen LogP contribution is -2.32. The molecule has 34 heavy (non-hydrogen) atoms. The van der Waals surface area contributed by atoms with Gasteiger partial charge >= 0.3 is 5.97 Å². The number of aryl methyl sites for hydroxylation is 2. The normalized spacial score (nSPS) is 15.4. The van der Waals surface area contributed by atoms with Gasteiger partial charge in [0.05, 0.1) is 5.69 Å². The van der Waals surface area contributed by atoms with Crippen molar-refractivity contribution < 1.29 is 23.9 Å². The fourth-order valence-electron chi connectivity index (χ4n) is 3.88. The topological polar surface area (TPSA) is 113 Å². The average Bonchev–Trinajstić information content (AvgIpc) is 3.15. The van der Waals surface area contributed by atoms with E-state index in [1.807, 2.05) is 19.1 Å². The van der Waals surface area contributed by atoms with Crippen LogP contribution in [0.2, 0.25) is 0 Å². The number of aliphatic carboxylic acids is 1. The van der Waals surface area contributed by atoms with Gasteiger partial charge in [-0.3, -0.25) is 19.1 Å². The summed E-state index contributed by atoms with van der Waals surface area (Å²) in [4.78, 5) is 36.2. The molecule has 174 valence electrons. The van der Waals surface area contributed by atoms with Gasteiger partial charge in [-0.05, 0) is 49.2 Å². The molecular formula is C25H23FN4O4. The Hall–Kier alpha value is -4.27. The molecule has 4 rings (SSSR count). The third-order valence-corrected chi connectivity index (χ3v) is 5.74. The predicted octanol–water partition coefficient (Wildman–Crippen LogP) is 3.52. The maximum atomic E-state index is 13.4. The summed E-state index contributed by atoms with van der Waals surface area (Å²) in [5.41, 5.74) is 4.41. The quantitative estimate of drug-likeness (QED) is 0.519. The summed E-state index contributed by atoms with van der Waals surface area (Å²) in [5.74, 6) is -2.50. The maximum absolute atomic E-state index is 13.4. The molecule has 0 saturated carbocycles. The van der Waals surface area contributed by atoms with Crippen molar-refractivity contribution in [1.29, 1.82) is 0 Å².